The first kappa shape index (κ1) is 27.6. The molecule has 3 aromatic rings. The Bertz CT molecular complexity index is 1010. The van der Waals surface area contributed by atoms with Crippen LogP contribution in [-0.2, 0) is 17.4 Å². The van der Waals surface area contributed by atoms with Gasteiger partial charge >= 0.3 is 7.82 Å². The highest BCUT2D eigenvalue weighted by Crippen LogP contribution is 2.38. The van der Waals surface area contributed by atoms with E-state index in [2.05, 4.69) is 30.3 Å². The molecule has 0 fully saturated rings. The van der Waals surface area contributed by atoms with Crippen molar-refractivity contribution in [3.8, 4) is 22.6 Å². The minimum Gasteiger partial charge on any atom is -0.508 e. The van der Waals surface area contributed by atoms with Gasteiger partial charge in [-0.2, -0.15) is 0 Å². The molecule has 34 heavy (non-hydrogen) atoms. The van der Waals surface area contributed by atoms with Crippen LogP contribution in [0, 0.1) is 0 Å². The second kappa shape index (κ2) is 14.6. The molecule has 0 aliphatic rings. The van der Waals surface area contributed by atoms with E-state index in [1.165, 1.54) is 44.1 Å². The fourth-order valence-corrected chi connectivity index (χ4v) is 3.96. The smallest absolute Gasteiger partial charge is 0.466 e. The minimum absolute atomic E-state index is 0.238. The SMILES string of the molecule is O=P(O)(O)O.Oc1ccc(O)c(-c2ccccc2)c1CCCCCCCCCc1ccccc1. The van der Waals surface area contributed by atoms with Gasteiger partial charge in [0.05, 0.1) is 0 Å². The molecular formula is C27H35O6P. The van der Waals surface area contributed by atoms with Crippen molar-refractivity contribution in [2.45, 2.75) is 57.8 Å². The van der Waals surface area contributed by atoms with Gasteiger partial charge in [0.1, 0.15) is 11.5 Å². The van der Waals surface area contributed by atoms with Crippen molar-refractivity contribution in [2.75, 3.05) is 0 Å². The quantitative estimate of drug-likeness (QED) is 0.122. The molecule has 0 spiro atoms. The Morgan fingerprint density at radius 3 is 1.56 bits per heavy atom. The number of hydrogen-bond donors (Lipinski definition) is 5. The first-order valence-corrected chi connectivity index (χ1v) is 13.2. The number of aromatic hydroxyl groups is 2. The molecule has 0 amide bonds. The van der Waals surface area contributed by atoms with Gasteiger partial charge in [-0.15, -0.1) is 0 Å². The molecule has 0 saturated carbocycles. The zero-order chi connectivity index (χ0) is 24.8. The first-order chi connectivity index (χ1) is 16.3. The average molecular weight is 487 g/mol. The normalized spacial score (nSPS) is 11.0. The summed E-state index contributed by atoms with van der Waals surface area (Å²) in [6.45, 7) is 0. The van der Waals surface area contributed by atoms with Crippen molar-refractivity contribution in [3.05, 3.63) is 83.9 Å². The van der Waals surface area contributed by atoms with Crippen molar-refractivity contribution >= 4 is 7.82 Å². The Balaban J connectivity index is 0.000000739. The van der Waals surface area contributed by atoms with Gasteiger partial charge in [0.2, 0.25) is 0 Å². The summed E-state index contributed by atoms with van der Waals surface area (Å²) in [5, 5.41) is 20.7. The summed E-state index contributed by atoms with van der Waals surface area (Å²) in [7, 11) is -4.64. The number of hydrogen-bond acceptors (Lipinski definition) is 3. The zero-order valence-corrected chi connectivity index (χ0v) is 20.3. The average Bonchev–Trinajstić information content (AvgIpc) is 2.80. The lowest BCUT2D eigenvalue weighted by Gasteiger charge is -2.14. The third kappa shape index (κ3) is 11.0. The third-order valence-corrected chi connectivity index (χ3v) is 5.56. The minimum atomic E-state index is -4.64. The van der Waals surface area contributed by atoms with E-state index in [4.69, 9.17) is 19.2 Å². The van der Waals surface area contributed by atoms with Crippen LogP contribution >= 0.6 is 7.82 Å². The molecule has 3 rings (SSSR count). The molecule has 0 atom stereocenters. The molecule has 0 aliphatic heterocycles. The van der Waals surface area contributed by atoms with Crippen LogP contribution in [0.4, 0.5) is 0 Å². The lowest BCUT2D eigenvalue weighted by Crippen LogP contribution is -1.93. The van der Waals surface area contributed by atoms with Crippen LogP contribution in [0.3, 0.4) is 0 Å². The number of benzene rings is 3. The van der Waals surface area contributed by atoms with E-state index in [0.29, 0.717) is 0 Å². The summed E-state index contributed by atoms with van der Waals surface area (Å²) in [6.07, 6.45) is 10.5. The summed E-state index contributed by atoms with van der Waals surface area (Å²) in [5.41, 5.74) is 4.02. The van der Waals surface area contributed by atoms with Crippen LogP contribution in [0.2, 0.25) is 0 Å². The molecule has 0 bridgehead atoms. The van der Waals surface area contributed by atoms with Gasteiger partial charge in [-0.3, -0.25) is 0 Å². The Hall–Kier alpha value is -2.63. The molecule has 6 nitrogen and oxygen atoms in total. The maximum Gasteiger partial charge on any atom is 0.466 e. The first-order valence-electron chi connectivity index (χ1n) is 11.7. The molecule has 0 radical (unpaired) electrons. The Morgan fingerprint density at radius 2 is 1.00 bits per heavy atom. The van der Waals surface area contributed by atoms with E-state index in [-0.39, 0.29) is 11.5 Å². The summed E-state index contributed by atoms with van der Waals surface area (Å²) < 4.78 is 8.88. The van der Waals surface area contributed by atoms with Gasteiger partial charge in [-0.05, 0) is 48.9 Å². The van der Waals surface area contributed by atoms with E-state index in [0.717, 1.165) is 36.0 Å². The number of phenols is 2. The summed E-state index contributed by atoms with van der Waals surface area (Å²) >= 11 is 0. The number of phosphoric acid groups is 1. The van der Waals surface area contributed by atoms with E-state index < -0.39 is 7.82 Å². The fourth-order valence-electron chi connectivity index (χ4n) is 3.96. The molecule has 0 unspecified atom stereocenters. The van der Waals surface area contributed by atoms with Gasteiger partial charge < -0.3 is 24.9 Å². The molecule has 0 aliphatic carbocycles. The lowest BCUT2D eigenvalue weighted by molar-refractivity contribution is 0.275. The molecule has 0 aromatic heterocycles. The molecular weight excluding hydrogens is 451 g/mol. The topological polar surface area (TPSA) is 118 Å². The van der Waals surface area contributed by atoms with Crippen LogP contribution in [-0.4, -0.2) is 24.9 Å². The number of unbranched alkanes of at least 4 members (excludes halogenated alkanes) is 6. The van der Waals surface area contributed by atoms with E-state index in [1.807, 2.05) is 30.3 Å². The highest BCUT2D eigenvalue weighted by atomic mass is 31.2. The van der Waals surface area contributed by atoms with Gasteiger partial charge in [0.15, 0.2) is 0 Å². The molecule has 7 heteroatoms. The second-order valence-electron chi connectivity index (χ2n) is 8.30. The summed E-state index contributed by atoms with van der Waals surface area (Å²) in [5.74, 6) is 0.519. The van der Waals surface area contributed by atoms with Crippen LogP contribution in [0.5, 0.6) is 11.5 Å². The Kier molecular flexibility index (Phi) is 11.9. The monoisotopic (exact) mass is 486 g/mol. The van der Waals surface area contributed by atoms with E-state index in [9.17, 15) is 10.2 Å². The van der Waals surface area contributed by atoms with Gasteiger partial charge in [-0.25, -0.2) is 4.57 Å². The Morgan fingerprint density at radius 1 is 0.559 bits per heavy atom. The lowest BCUT2D eigenvalue weighted by atomic mass is 9.93. The predicted octanol–water partition coefficient (Wildman–Crippen LogP) is 6.35. The highest BCUT2D eigenvalue weighted by Gasteiger charge is 2.14. The molecule has 0 saturated heterocycles. The van der Waals surface area contributed by atoms with E-state index >= 15 is 0 Å². The number of rotatable bonds is 11. The summed E-state index contributed by atoms with van der Waals surface area (Å²) in [4.78, 5) is 21.6. The van der Waals surface area contributed by atoms with Crippen molar-refractivity contribution in [2.24, 2.45) is 0 Å². The molecule has 3 aromatic carbocycles. The predicted molar refractivity (Wildman–Crippen MR) is 136 cm³/mol. The maximum absolute atomic E-state index is 10.4. The van der Waals surface area contributed by atoms with Crippen LogP contribution in [0.15, 0.2) is 72.8 Å². The van der Waals surface area contributed by atoms with Crippen LogP contribution in [0.1, 0.15) is 56.1 Å². The second-order valence-corrected chi connectivity index (χ2v) is 9.32. The summed E-state index contributed by atoms with van der Waals surface area (Å²) in [6, 6.07) is 23.7. The van der Waals surface area contributed by atoms with Crippen molar-refractivity contribution in [1.29, 1.82) is 0 Å². The van der Waals surface area contributed by atoms with Gasteiger partial charge in [-0.1, -0.05) is 92.8 Å². The Labute approximate surface area is 201 Å². The van der Waals surface area contributed by atoms with Gasteiger partial charge in [0, 0.05) is 11.1 Å². The standard InChI is InChI=1S/C27H32O2.H3O4P/c28-25-20-21-26(29)27(23-17-11-7-12-18-23)24(25)19-13-5-3-1-2-4-8-14-22-15-9-6-10-16-22;1-5(2,3)4/h6-7,9-12,15-18,20-21,28-29H,1-5,8,13-14,19H2;(H3,1,2,3,4). The van der Waals surface area contributed by atoms with Crippen LogP contribution in [0.25, 0.3) is 11.1 Å². The van der Waals surface area contributed by atoms with Crippen molar-refractivity contribution in [3.63, 3.8) is 0 Å². The largest absolute Gasteiger partial charge is 0.508 e. The fraction of sp³-hybridized carbons (Fsp3) is 0.333. The van der Waals surface area contributed by atoms with Crippen LogP contribution < -0.4 is 0 Å². The zero-order valence-electron chi connectivity index (χ0n) is 19.4. The van der Waals surface area contributed by atoms with E-state index in [1.54, 1.807) is 12.1 Å². The van der Waals surface area contributed by atoms with Gasteiger partial charge in [0.25, 0.3) is 0 Å². The number of phenolic OH excluding ortho intramolecular Hbond substituents is 2. The number of aryl methyl sites for hydroxylation is 1. The molecule has 0 heterocycles. The molecule has 184 valence electrons. The third-order valence-electron chi connectivity index (χ3n) is 5.56. The molecule has 5 N–H and O–H groups in total. The maximum atomic E-state index is 10.4. The van der Waals surface area contributed by atoms with Crippen molar-refractivity contribution in [1.82, 2.24) is 0 Å². The van der Waals surface area contributed by atoms with Crippen molar-refractivity contribution < 1.29 is 29.5 Å². The highest BCUT2D eigenvalue weighted by molar-refractivity contribution is 7.45.